The van der Waals surface area contributed by atoms with E-state index in [0.29, 0.717) is 6.04 Å². The SMILES string of the molecule is CN=C(NCc1ccc(C)cc1C)NCC1CN(C)CCN1C.I. The second kappa shape index (κ2) is 10.2. The lowest BCUT2D eigenvalue weighted by atomic mass is 10.1. The molecule has 1 unspecified atom stereocenters. The Hall–Kier alpha value is -0.860. The van der Waals surface area contributed by atoms with Crippen LogP contribution in [-0.2, 0) is 6.54 Å². The molecule has 1 aromatic rings. The van der Waals surface area contributed by atoms with Gasteiger partial charge in [0.05, 0.1) is 0 Å². The third-order valence-corrected chi connectivity index (χ3v) is 4.65. The molecule has 6 heteroatoms. The molecule has 0 aromatic heterocycles. The molecule has 0 saturated carbocycles. The van der Waals surface area contributed by atoms with Gasteiger partial charge in [-0.2, -0.15) is 0 Å². The summed E-state index contributed by atoms with van der Waals surface area (Å²) < 4.78 is 0. The highest BCUT2D eigenvalue weighted by Crippen LogP contribution is 2.10. The normalized spacial score (nSPS) is 19.7. The van der Waals surface area contributed by atoms with Crippen molar-refractivity contribution in [3.8, 4) is 0 Å². The van der Waals surface area contributed by atoms with Gasteiger partial charge in [-0.3, -0.25) is 9.89 Å². The molecule has 2 N–H and O–H groups in total. The number of nitrogens with zero attached hydrogens (tertiary/aromatic N) is 3. The van der Waals surface area contributed by atoms with Gasteiger partial charge in [-0.25, -0.2) is 0 Å². The zero-order valence-corrected chi connectivity index (χ0v) is 17.9. The van der Waals surface area contributed by atoms with Crippen molar-refractivity contribution >= 4 is 29.9 Å². The largest absolute Gasteiger partial charge is 0.355 e. The van der Waals surface area contributed by atoms with E-state index in [1.165, 1.54) is 16.7 Å². The molecule has 0 amide bonds. The van der Waals surface area contributed by atoms with Crippen LogP contribution in [0.1, 0.15) is 16.7 Å². The summed E-state index contributed by atoms with van der Waals surface area (Å²) in [6, 6.07) is 7.09. The van der Waals surface area contributed by atoms with Crippen LogP contribution in [0, 0.1) is 13.8 Å². The number of halogens is 1. The number of piperazine rings is 1. The molecular formula is C18H32IN5. The second-order valence-corrected chi connectivity index (χ2v) is 6.63. The monoisotopic (exact) mass is 445 g/mol. The number of hydrogen-bond donors (Lipinski definition) is 2. The fourth-order valence-corrected chi connectivity index (χ4v) is 2.98. The van der Waals surface area contributed by atoms with Gasteiger partial charge in [0, 0.05) is 45.8 Å². The van der Waals surface area contributed by atoms with Crippen LogP contribution in [0.3, 0.4) is 0 Å². The number of benzene rings is 1. The average molecular weight is 445 g/mol. The van der Waals surface area contributed by atoms with Gasteiger partial charge in [-0.05, 0) is 39.1 Å². The van der Waals surface area contributed by atoms with Crippen LogP contribution in [-0.4, -0.2) is 69.1 Å². The topological polar surface area (TPSA) is 42.9 Å². The fraction of sp³-hybridized carbons (Fsp3) is 0.611. The minimum atomic E-state index is 0. The zero-order chi connectivity index (χ0) is 16.8. The van der Waals surface area contributed by atoms with Crippen LogP contribution in [0.5, 0.6) is 0 Å². The van der Waals surface area contributed by atoms with E-state index in [4.69, 9.17) is 0 Å². The Morgan fingerprint density at radius 1 is 1.21 bits per heavy atom. The first-order valence-corrected chi connectivity index (χ1v) is 8.39. The Balaban J connectivity index is 0.00000288. The van der Waals surface area contributed by atoms with Crippen molar-refractivity contribution in [3.63, 3.8) is 0 Å². The van der Waals surface area contributed by atoms with Gasteiger partial charge in [0.2, 0.25) is 0 Å². The molecule has 2 rings (SSSR count). The maximum Gasteiger partial charge on any atom is 0.191 e. The van der Waals surface area contributed by atoms with Gasteiger partial charge in [-0.15, -0.1) is 24.0 Å². The van der Waals surface area contributed by atoms with E-state index in [9.17, 15) is 0 Å². The first-order valence-electron chi connectivity index (χ1n) is 8.39. The Morgan fingerprint density at radius 2 is 1.96 bits per heavy atom. The molecule has 0 radical (unpaired) electrons. The molecule has 0 aliphatic carbocycles. The van der Waals surface area contributed by atoms with Gasteiger partial charge < -0.3 is 15.5 Å². The molecular weight excluding hydrogens is 413 g/mol. The predicted molar refractivity (Wildman–Crippen MR) is 113 cm³/mol. The maximum atomic E-state index is 4.34. The van der Waals surface area contributed by atoms with Gasteiger partial charge in [-0.1, -0.05) is 23.8 Å². The fourth-order valence-electron chi connectivity index (χ4n) is 2.98. The number of guanidine groups is 1. The van der Waals surface area contributed by atoms with Gasteiger partial charge in [0.1, 0.15) is 0 Å². The number of likely N-dealkylation sites (N-methyl/N-ethyl adjacent to an activating group) is 2. The van der Waals surface area contributed by atoms with E-state index in [1.54, 1.807) is 0 Å². The maximum absolute atomic E-state index is 4.34. The summed E-state index contributed by atoms with van der Waals surface area (Å²) in [4.78, 5) is 9.15. The smallest absolute Gasteiger partial charge is 0.191 e. The van der Waals surface area contributed by atoms with Crippen molar-refractivity contribution in [1.82, 2.24) is 20.4 Å². The highest BCUT2D eigenvalue weighted by Gasteiger charge is 2.21. The summed E-state index contributed by atoms with van der Waals surface area (Å²) in [7, 11) is 6.21. The van der Waals surface area contributed by atoms with Crippen LogP contribution in [0.15, 0.2) is 23.2 Å². The summed E-state index contributed by atoms with van der Waals surface area (Å²) >= 11 is 0. The lowest BCUT2D eigenvalue weighted by Gasteiger charge is -2.37. The number of hydrogen-bond acceptors (Lipinski definition) is 3. The Labute approximate surface area is 163 Å². The van der Waals surface area contributed by atoms with E-state index >= 15 is 0 Å². The van der Waals surface area contributed by atoms with Gasteiger partial charge in [0.25, 0.3) is 0 Å². The van der Waals surface area contributed by atoms with E-state index in [-0.39, 0.29) is 24.0 Å². The van der Waals surface area contributed by atoms with Crippen molar-refractivity contribution in [2.45, 2.75) is 26.4 Å². The predicted octanol–water partition coefficient (Wildman–Crippen LogP) is 1.83. The molecule has 1 heterocycles. The minimum absolute atomic E-state index is 0. The van der Waals surface area contributed by atoms with E-state index in [1.807, 2.05) is 7.05 Å². The van der Waals surface area contributed by atoms with E-state index in [2.05, 4.69) is 71.6 Å². The molecule has 136 valence electrons. The van der Waals surface area contributed by atoms with Crippen molar-refractivity contribution in [1.29, 1.82) is 0 Å². The first-order chi connectivity index (χ1) is 11.0. The lowest BCUT2D eigenvalue weighted by molar-refractivity contribution is 0.116. The van der Waals surface area contributed by atoms with Crippen molar-refractivity contribution in [2.24, 2.45) is 4.99 Å². The quantitative estimate of drug-likeness (QED) is 0.422. The van der Waals surface area contributed by atoms with E-state index < -0.39 is 0 Å². The van der Waals surface area contributed by atoms with Crippen LogP contribution in [0.25, 0.3) is 0 Å². The molecule has 0 spiro atoms. The first kappa shape index (κ1) is 21.2. The summed E-state index contributed by atoms with van der Waals surface area (Å²) in [6.45, 7) is 9.36. The number of rotatable bonds is 4. The minimum Gasteiger partial charge on any atom is -0.355 e. The molecule has 1 saturated heterocycles. The molecule has 1 atom stereocenters. The molecule has 1 aliphatic heterocycles. The number of nitrogens with one attached hydrogen (secondary N) is 2. The molecule has 24 heavy (non-hydrogen) atoms. The zero-order valence-electron chi connectivity index (χ0n) is 15.6. The second-order valence-electron chi connectivity index (χ2n) is 6.63. The molecule has 1 aliphatic rings. The summed E-state index contributed by atoms with van der Waals surface area (Å²) in [5.41, 5.74) is 3.94. The van der Waals surface area contributed by atoms with Crippen molar-refractivity contribution in [2.75, 3.05) is 47.3 Å². The third-order valence-electron chi connectivity index (χ3n) is 4.65. The highest BCUT2D eigenvalue weighted by atomic mass is 127. The molecule has 5 nitrogen and oxygen atoms in total. The highest BCUT2D eigenvalue weighted by molar-refractivity contribution is 14.0. The summed E-state index contributed by atoms with van der Waals surface area (Å²) in [6.07, 6.45) is 0. The lowest BCUT2D eigenvalue weighted by Crippen LogP contribution is -2.55. The summed E-state index contributed by atoms with van der Waals surface area (Å²) in [5.74, 6) is 0.867. The standard InChI is InChI=1S/C18H31N5.HI/c1-14-6-7-16(15(2)10-14)11-20-18(19-3)21-12-17-13-22(4)8-9-23(17)5;/h6-7,10,17H,8-9,11-13H2,1-5H3,(H2,19,20,21);1H. The Bertz CT molecular complexity index is 546. The molecule has 1 aromatic carbocycles. The van der Waals surface area contributed by atoms with Gasteiger partial charge in [0.15, 0.2) is 5.96 Å². The summed E-state index contributed by atoms with van der Waals surface area (Å²) in [5, 5.41) is 6.88. The van der Waals surface area contributed by atoms with Gasteiger partial charge >= 0.3 is 0 Å². The molecule has 1 fully saturated rings. The van der Waals surface area contributed by atoms with Crippen molar-refractivity contribution < 1.29 is 0 Å². The van der Waals surface area contributed by atoms with Crippen LogP contribution in [0.4, 0.5) is 0 Å². The van der Waals surface area contributed by atoms with Crippen LogP contribution >= 0.6 is 24.0 Å². The van der Waals surface area contributed by atoms with Crippen LogP contribution in [0.2, 0.25) is 0 Å². The third kappa shape index (κ3) is 6.22. The number of aryl methyl sites for hydroxylation is 2. The Morgan fingerprint density at radius 3 is 2.62 bits per heavy atom. The van der Waals surface area contributed by atoms with Crippen molar-refractivity contribution in [3.05, 3.63) is 34.9 Å². The Kier molecular flexibility index (Phi) is 9.01. The van der Waals surface area contributed by atoms with Crippen LogP contribution < -0.4 is 10.6 Å². The molecule has 0 bridgehead atoms. The average Bonchev–Trinajstić information content (AvgIpc) is 2.52. The number of aliphatic imine (C=N–C) groups is 1. The van der Waals surface area contributed by atoms with E-state index in [0.717, 1.165) is 38.7 Å².